The van der Waals surface area contributed by atoms with E-state index in [9.17, 15) is 4.79 Å². The van der Waals surface area contributed by atoms with Gasteiger partial charge in [0.2, 0.25) is 0 Å². The van der Waals surface area contributed by atoms with Crippen molar-refractivity contribution in [2.75, 3.05) is 0 Å². The zero-order valence-electron chi connectivity index (χ0n) is 8.64. The first-order valence-electron chi connectivity index (χ1n) is 5.22. The van der Waals surface area contributed by atoms with Gasteiger partial charge in [-0.15, -0.1) is 0 Å². The Morgan fingerprint density at radius 2 is 1.81 bits per heavy atom. The summed E-state index contributed by atoms with van der Waals surface area (Å²) in [6.07, 6.45) is 1.37. The van der Waals surface area contributed by atoms with Crippen LogP contribution in [0.4, 0.5) is 0 Å². The number of para-hydroxylation sites is 1. The van der Waals surface area contributed by atoms with Gasteiger partial charge in [0.25, 0.3) is 0 Å². The van der Waals surface area contributed by atoms with Gasteiger partial charge >= 0.3 is 0 Å². The molecule has 0 aliphatic rings. The van der Waals surface area contributed by atoms with E-state index in [1.165, 1.54) is 0 Å². The van der Waals surface area contributed by atoms with E-state index in [4.69, 9.17) is 4.42 Å². The Hall–Kier alpha value is -2.09. The van der Waals surface area contributed by atoms with Crippen LogP contribution in [0.25, 0.3) is 21.9 Å². The molecule has 2 aromatic carbocycles. The summed E-state index contributed by atoms with van der Waals surface area (Å²) in [4.78, 5) is 10.5. The summed E-state index contributed by atoms with van der Waals surface area (Å²) in [6.45, 7) is 0. The van der Waals surface area contributed by atoms with E-state index in [0.717, 1.165) is 33.8 Å². The second-order valence-electron chi connectivity index (χ2n) is 3.80. The molecular formula is C14H10O2. The van der Waals surface area contributed by atoms with Crippen LogP contribution in [0.3, 0.4) is 0 Å². The molecule has 0 saturated carbocycles. The van der Waals surface area contributed by atoms with Gasteiger partial charge < -0.3 is 9.21 Å². The standard InChI is InChI=1S/C14H10O2/c15-8-7-10-5-6-14-12(9-10)11-3-1-2-4-13(11)16-14/h1-6,8-9H,7H2. The number of hydrogen-bond donors (Lipinski definition) is 0. The number of aldehydes is 1. The molecule has 3 rings (SSSR count). The molecule has 78 valence electrons. The molecule has 1 heterocycles. The quantitative estimate of drug-likeness (QED) is 0.607. The highest BCUT2D eigenvalue weighted by Crippen LogP contribution is 2.28. The number of fused-ring (bicyclic) bond motifs is 3. The van der Waals surface area contributed by atoms with Crippen molar-refractivity contribution in [3.63, 3.8) is 0 Å². The summed E-state index contributed by atoms with van der Waals surface area (Å²) in [5, 5.41) is 2.18. The fourth-order valence-electron chi connectivity index (χ4n) is 2.00. The molecule has 0 aliphatic heterocycles. The average Bonchev–Trinajstić information content (AvgIpc) is 2.68. The van der Waals surface area contributed by atoms with Gasteiger partial charge in [0, 0.05) is 17.2 Å². The average molecular weight is 210 g/mol. The second-order valence-corrected chi connectivity index (χ2v) is 3.80. The topological polar surface area (TPSA) is 30.2 Å². The minimum Gasteiger partial charge on any atom is -0.456 e. The first-order valence-corrected chi connectivity index (χ1v) is 5.22. The summed E-state index contributed by atoms with van der Waals surface area (Å²) in [5.41, 5.74) is 2.78. The second kappa shape index (κ2) is 3.49. The number of furan rings is 1. The van der Waals surface area contributed by atoms with Crippen LogP contribution in [-0.4, -0.2) is 6.29 Å². The fourth-order valence-corrected chi connectivity index (χ4v) is 2.00. The number of carbonyl (C=O) groups is 1. The molecule has 0 radical (unpaired) electrons. The maximum absolute atomic E-state index is 10.5. The first kappa shape index (κ1) is 9.16. The minimum atomic E-state index is 0.454. The van der Waals surface area contributed by atoms with E-state index in [1.807, 2.05) is 42.5 Å². The van der Waals surface area contributed by atoms with Crippen LogP contribution in [0.5, 0.6) is 0 Å². The third kappa shape index (κ3) is 1.31. The fraction of sp³-hybridized carbons (Fsp3) is 0.0714. The summed E-state index contributed by atoms with van der Waals surface area (Å²) in [5.74, 6) is 0. The van der Waals surface area contributed by atoms with Gasteiger partial charge in [-0.1, -0.05) is 24.3 Å². The molecule has 0 saturated heterocycles. The Balaban J connectivity index is 2.35. The molecule has 0 N–H and O–H groups in total. The monoisotopic (exact) mass is 210 g/mol. The molecule has 0 spiro atoms. The molecule has 2 nitrogen and oxygen atoms in total. The number of carbonyl (C=O) groups excluding carboxylic acids is 1. The Morgan fingerprint density at radius 3 is 2.69 bits per heavy atom. The molecule has 0 bridgehead atoms. The summed E-state index contributed by atoms with van der Waals surface area (Å²) < 4.78 is 5.70. The molecule has 0 aliphatic carbocycles. The Bertz CT molecular complexity index is 665. The molecule has 0 fully saturated rings. The molecule has 0 amide bonds. The third-order valence-corrected chi connectivity index (χ3v) is 2.76. The number of rotatable bonds is 2. The van der Waals surface area contributed by atoms with Crippen LogP contribution in [0.1, 0.15) is 5.56 Å². The van der Waals surface area contributed by atoms with Crippen LogP contribution >= 0.6 is 0 Å². The zero-order chi connectivity index (χ0) is 11.0. The highest BCUT2D eigenvalue weighted by Gasteiger charge is 2.06. The van der Waals surface area contributed by atoms with E-state index in [2.05, 4.69) is 0 Å². The van der Waals surface area contributed by atoms with E-state index in [-0.39, 0.29) is 0 Å². The van der Waals surface area contributed by atoms with Gasteiger partial charge in [-0.25, -0.2) is 0 Å². The highest BCUT2D eigenvalue weighted by molar-refractivity contribution is 6.05. The molecule has 1 aromatic heterocycles. The molecular weight excluding hydrogens is 200 g/mol. The van der Waals surface area contributed by atoms with E-state index < -0.39 is 0 Å². The van der Waals surface area contributed by atoms with Crippen molar-refractivity contribution in [2.24, 2.45) is 0 Å². The predicted molar refractivity (Wildman–Crippen MR) is 63.5 cm³/mol. The van der Waals surface area contributed by atoms with Crippen LogP contribution in [0.15, 0.2) is 46.9 Å². The molecule has 2 heteroatoms. The highest BCUT2D eigenvalue weighted by atomic mass is 16.3. The zero-order valence-corrected chi connectivity index (χ0v) is 8.64. The van der Waals surface area contributed by atoms with Crippen molar-refractivity contribution < 1.29 is 9.21 Å². The number of benzene rings is 2. The van der Waals surface area contributed by atoms with Gasteiger partial charge in [0.15, 0.2) is 0 Å². The van der Waals surface area contributed by atoms with Gasteiger partial charge in [0.05, 0.1) is 0 Å². The van der Waals surface area contributed by atoms with E-state index >= 15 is 0 Å². The molecule has 3 aromatic rings. The Kier molecular flexibility index (Phi) is 2.00. The van der Waals surface area contributed by atoms with E-state index in [1.54, 1.807) is 0 Å². The molecule has 0 atom stereocenters. The molecule has 16 heavy (non-hydrogen) atoms. The minimum absolute atomic E-state index is 0.454. The van der Waals surface area contributed by atoms with Gasteiger partial charge in [-0.05, 0) is 23.8 Å². The van der Waals surface area contributed by atoms with Crippen molar-refractivity contribution in [1.29, 1.82) is 0 Å². The van der Waals surface area contributed by atoms with Gasteiger partial charge in [-0.3, -0.25) is 0 Å². The maximum atomic E-state index is 10.5. The van der Waals surface area contributed by atoms with Crippen molar-refractivity contribution in [3.8, 4) is 0 Å². The molecule has 0 unspecified atom stereocenters. The SMILES string of the molecule is O=CCc1ccc2oc3ccccc3c2c1. The van der Waals surface area contributed by atoms with Gasteiger partial charge in [-0.2, -0.15) is 0 Å². The third-order valence-electron chi connectivity index (χ3n) is 2.76. The smallest absolute Gasteiger partial charge is 0.135 e. The maximum Gasteiger partial charge on any atom is 0.135 e. The lowest BCUT2D eigenvalue weighted by Gasteiger charge is -1.94. The van der Waals surface area contributed by atoms with Crippen LogP contribution in [0, 0.1) is 0 Å². The van der Waals surface area contributed by atoms with E-state index in [0.29, 0.717) is 6.42 Å². The van der Waals surface area contributed by atoms with Crippen molar-refractivity contribution >= 4 is 28.2 Å². The summed E-state index contributed by atoms with van der Waals surface area (Å²) >= 11 is 0. The van der Waals surface area contributed by atoms with Crippen molar-refractivity contribution in [3.05, 3.63) is 48.0 Å². The normalized spacial score (nSPS) is 11.0. The number of hydrogen-bond acceptors (Lipinski definition) is 2. The van der Waals surface area contributed by atoms with Crippen LogP contribution in [0.2, 0.25) is 0 Å². The lowest BCUT2D eigenvalue weighted by atomic mass is 10.1. The summed E-state index contributed by atoms with van der Waals surface area (Å²) in [7, 11) is 0. The van der Waals surface area contributed by atoms with Crippen LogP contribution in [-0.2, 0) is 11.2 Å². The Morgan fingerprint density at radius 1 is 1.00 bits per heavy atom. The lowest BCUT2D eigenvalue weighted by Crippen LogP contribution is -1.83. The van der Waals surface area contributed by atoms with Gasteiger partial charge in [0.1, 0.15) is 17.5 Å². The van der Waals surface area contributed by atoms with Crippen molar-refractivity contribution in [2.45, 2.75) is 6.42 Å². The first-order chi connectivity index (χ1) is 7.88. The van der Waals surface area contributed by atoms with Crippen LogP contribution < -0.4 is 0 Å². The summed E-state index contributed by atoms with van der Waals surface area (Å²) in [6, 6.07) is 13.8. The van der Waals surface area contributed by atoms with Crippen molar-refractivity contribution in [1.82, 2.24) is 0 Å². The predicted octanol–water partition coefficient (Wildman–Crippen LogP) is 3.33. The largest absolute Gasteiger partial charge is 0.456 e. The lowest BCUT2D eigenvalue weighted by molar-refractivity contribution is -0.107. The Labute approximate surface area is 92.5 Å².